The molecule has 0 unspecified atom stereocenters. The van der Waals surface area contributed by atoms with Gasteiger partial charge in [-0.25, -0.2) is 8.42 Å². The van der Waals surface area contributed by atoms with Crippen LogP contribution in [0.15, 0.2) is 33.7 Å². The van der Waals surface area contributed by atoms with Crippen molar-refractivity contribution in [3.8, 4) is 0 Å². The van der Waals surface area contributed by atoms with E-state index < -0.39 is 10.0 Å². The van der Waals surface area contributed by atoms with Crippen molar-refractivity contribution in [2.45, 2.75) is 44.6 Å². The Kier molecular flexibility index (Phi) is 5.18. The molecule has 8 heteroatoms. The second-order valence-corrected chi connectivity index (χ2v) is 9.62. The quantitative estimate of drug-likeness (QED) is 0.811. The molecule has 2 heterocycles. The molecule has 2 aromatic rings. The highest BCUT2D eigenvalue weighted by atomic mass is 32.2. The minimum atomic E-state index is -3.46. The Hall–Kier alpha value is -1.77. The van der Waals surface area contributed by atoms with Gasteiger partial charge in [0.15, 0.2) is 5.82 Å². The summed E-state index contributed by atoms with van der Waals surface area (Å²) in [6.07, 6.45) is 0. The van der Waals surface area contributed by atoms with Crippen LogP contribution in [0.1, 0.15) is 38.0 Å². The number of rotatable bonds is 4. The maximum absolute atomic E-state index is 12.9. The molecule has 1 aliphatic heterocycles. The molecule has 1 fully saturated rings. The fraction of sp³-hybridized carbons (Fsp3) is 0.556. The molecule has 3 rings (SSSR count). The predicted molar refractivity (Wildman–Crippen MR) is 98.2 cm³/mol. The summed E-state index contributed by atoms with van der Waals surface area (Å²) in [5.41, 5.74) is 1.12. The van der Waals surface area contributed by atoms with Crippen LogP contribution < -0.4 is 0 Å². The zero-order valence-electron chi connectivity index (χ0n) is 15.8. The van der Waals surface area contributed by atoms with Gasteiger partial charge in [-0.3, -0.25) is 4.90 Å². The number of benzene rings is 1. The average molecular weight is 378 g/mol. The van der Waals surface area contributed by atoms with Crippen LogP contribution in [0.5, 0.6) is 0 Å². The highest BCUT2D eigenvalue weighted by Gasteiger charge is 2.29. The number of sulfonamides is 1. The van der Waals surface area contributed by atoms with Crippen molar-refractivity contribution in [2.24, 2.45) is 0 Å². The van der Waals surface area contributed by atoms with Gasteiger partial charge in [0.25, 0.3) is 0 Å². The largest absolute Gasteiger partial charge is 0.340 e. The molecule has 1 aromatic heterocycles. The van der Waals surface area contributed by atoms with Crippen LogP contribution in [0.2, 0.25) is 0 Å². The summed E-state index contributed by atoms with van der Waals surface area (Å²) in [5, 5.41) is 3.89. The maximum Gasteiger partial charge on any atom is 0.243 e. The Balaban J connectivity index is 1.64. The van der Waals surface area contributed by atoms with E-state index in [0.717, 1.165) is 5.56 Å². The van der Waals surface area contributed by atoms with Crippen molar-refractivity contribution < 1.29 is 12.9 Å². The monoisotopic (exact) mass is 378 g/mol. The molecule has 0 N–H and O–H groups in total. The third-order valence-electron chi connectivity index (χ3n) is 4.62. The lowest BCUT2D eigenvalue weighted by Gasteiger charge is -2.33. The van der Waals surface area contributed by atoms with Gasteiger partial charge in [-0.1, -0.05) is 38.1 Å². The normalized spacial score (nSPS) is 17.5. The molecule has 0 spiro atoms. The van der Waals surface area contributed by atoms with Crippen LogP contribution in [-0.4, -0.2) is 53.9 Å². The van der Waals surface area contributed by atoms with Crippen LogP contribution in [0, 0.1) is 6.92 Å². The summed E-state index contributed by atoms with van der Waals surface area (Å²) in [6, 6.07) is 7.23. The number of aromatic nitrogens is 2. The third kappa shape index (κ3) is 4.13. The number of aryl methyl sites for hydroxylation is 1. The summed E-state index contributed by atoms with van der Waals surface area (Å²) in [6.45, 7) is 10.9. The highest BCUT2D eigenvalue weighted by Crippen LogP contribution is 2.25. The van der Waals surface area contributed by atoms with Gasteiger partial charge in [-0.2, -0.15) is 9.29 Å². The standard InChI is InChI=1S/C18H26N4O3S/c1-14-19-17(20-25-14)13-21-9-11-22(12-10-21)26(23,24)16-7-5-15(6-8-16)18(2,3)4/h5-8H,9-13H2,1-4H3. The molecule has 0 bridgehead atoms. The first-order valence-corrected chi connectivity index (χ1v) is 10.2. The first-order chi connectivity index (χ1) is 12.2. The molecule has 0 aliphatic carbocycles. The zero-order valence-corrected chi connectivity index (χ0v) is 16.6. The molecule has 1 saturated heterocycles. The van der Waals surface area contributed by atoms with Gasteiger partial charge in [0.05, 0.1) is 11.4 Å². The summed E-state index contributed by atoms with van der Waals surface area (Å²) in [7, 11) is -3.46. The van der Waals surface area contributed by atoms with Crippen LogP contribution in [-0.2, 0) is 22.0 Å². The van der Waals surface area contributed by atoms with Gasteiger partial charge >= 0.3 is 0 Å². The average Bonchev–Trinajstić information content (AvgIpc) is 2.99. The topological polar surface area (TPSA) is 79.5 Å². The van der Waals surface area contributed by atoms with E-state index in [1.54, 1.807) is 23.4 Å². The highest BCUT2D eigenvalue weighted by molar-refractivity contribution is 7.89. The van der Waals surface area contributed by atoms with E-state index in [-0.39, 0.29) is 5.41 Å². The van der Waals surface area contributed by atoms with E-state index >= 15 is 0 Å². The van der Waals surface area contributed by atoms with Crippen molar-refractivity contribution in [2.75, 3.05) is 26.2 Å². The van der Waals surface area contributed by atoms with Crippen LogP contribution >= 0.6 is 0 Å². The van der Waals surface area contributed by atoms with Crippen molar-refractivity contribution in [1.82, 2.24) is 19.3 Å². The van der Waals surface area contributed by atoms with Crippen molar-refractivity contribution in [3.63, 3.8) is 0 Å². The Bertz CT molecular complexity index is 845. The minimum absolute atomic E-state index is 0.00142. The molecule has 0 saturated carbocycles. The van der Waals surface area contributed by atoms with Crippen LogP contribution in [0.4, 0.5) is 0 Å². The Morgan fingerprint density at radius 1 is 1.08 bits per heavy atom. The molecule has 26 heavy (non-hydrogen) atoms. The van der Waals surface area contributed by atoms with Gasteiger partial charge in [-0.15, -0.1) is 0 Å². The van der Waals surface area contributed by atoms with E-state index in [1.165, 1.54) is 0 Å². The van der Waals surface area contributed by atoms with Crippen LogP contribution in [0.25, 0.3) is 0 Å². The molecule has 142 valence electrons. The second kappa shape index (κ2) is 7.09. The maximum atomic E-state index is 12.9. The van der Waals surface area contributed by atoms with Crippen molar-refractivity contribution >= 4 is 10.0 Å². The first-order valence-electron chi connectivity index (χ1n) is 8.78. The molecule has 1 aromatic carbocycles. The Labute approximate surface area is 155 Å². The summed E-state index contributed by atoms with van der Waals surface area (Å²) < 4.78 is 32.3. The predicted octanol–water partition coefficient (Wildman–Crippen LogP) is 2.18. The lowest BCUT2D eigenvalue weighted by molar-refractivity contribution is 0.176. The van der Waals surface area contributed by atoms with E-state index in [9.17, 15) is 8.42 Å². The van der Waals surface area contributed by atoms with E-state index in [1.807, 2.05) is 12.1 Å². The minimum Gasteiger partial charge on any atom is -0.340 e. The summed E-state index contributed by atoms with van der Waals surface area (Å²) in [5.74, 6) is 1.18. The fourth-order valence-corrected chi connectivity index (χ4v) is 4.43. The summed E-state index contributed by atoms with van der Waals surface area (Å²) in [4.78, 5) is 6.69. The van der Waals surface area contributed by atoms with E-state index in [2.05, 4.69) is 35.8 Å². The smallest absolute Gasteiger partial charge is 0.243 e. The molecule has 0 radical (unpaired) electrons. The zero-order chi connectivity index (χ0) is 18.9. The summed E-state index contributed by atoms with van der Waals surface area (Å²) >= 11 is 0. The van der Waals surface area contributed by atoms with Gasteiger partial charge in [0.2, 0.25) is 15.9 Å². The lowest BCUT2D eigenvalue weighted by atomic mass is 9.87. The lowest BCUT2D eigenvalue weighted by Crippen LogP contribution is -2.48. The number of nitrogens with zero attached hydrogens (tertiary/aromatic N) is 4. The molecule has 1 aliphatic rings. The molecular formula is C18H26N4O3S. The van der Waals surface area contributed by atoms with Crippen LogP contribution in [0.3, 0.4) is 0 Å². The van der Waals surface area contributed by atoms with Gasteiger partial charge in [0, 0.05) is 33.1 Å². The molecule has 0 atom stereocenters. The third-order valence-corrected chi connectivity index (χ3v) is 6.54. The Morgan fingerprint density at radius 3 is 2.19 bits per heavy atom. The number of hydrogen-bond donors (Lipinski definition) is 0. The van der Waals surface area contributed by atoms with Gasteiger partial charge < -0.3 is 4.52 Å². The fourth-order valence-electron chi connectivity index (χ4n) is 3.01. The second-order valence-electron chi connectivity index (χ2n) is 7.68. The van der Waals surface area contributed by atoms with Crippen molar-refractivity contribution in [1.29, 1.82) is 0 Å². The Morgan fingerprint density at radius 2 is 1.69 bits per heavy atom. The first kappa shape index (κ1) is 19.0. The molecular weight excluding hydrogens is 352 g/mol. The van der Waals surface area contributed by atoms with Crippen molar-refractivity contribution in [3.05, 3.63) is 41.5 Å². The van der Waals surface area contributed by atoms with E-state index in [4.69, 9.17) is 4.52 Å². The number of hydrogen-bond acceptors (Lipinski definition) is 6. The SMILES string of the molecule is Cc1nc(CN2CCN(S(=O)(=O)c3ccc(C(C)(C)C)cc3)CC2)no1. The van der Waals surface area contributed by atoms with Gasteiger partial charge in [-0.05, 0) is 23.1 Å². The van der Waals surface area contributed by atoms with E-state index in [0.29, 0.717) is 49.3 Å². The van der Waals surface area contributed by atoms with Gasteiger partial charge in [0.1, 0.15) is 0 Å². The molecule has 7 nitrogen and oxygen atoms in total. The number of piperazine rings is 1. The molecule has 0 amide bonds.